The van der Waals surface area contributed by atoms with E-state index in [1.54, 1.807) is 13.3 Å². The zero-order valence-corrected chi connectivity index (χ0v) is 10.5. The first kappa shape index (κ1) is 11.9. The molecular formula is C14H18N2O. The van der Waals surface area contributed by atoms with Crippen LogP contribution >= 0.6 is 0 Å². The van der Waals surface area contributed by atoms with Crippen LogP contribution < -0.4 is 0 Å². The second kappa shape index (κ2) is 4.34. The van der Waals surface area contributed by atoms with Crippen molar-refractivity contribution in [2.75, 3.05) is 0 Å². The van der Waals surface area contributed by atoms with Gasteiger partial charge in [0.15, 0.2) is 0 Å². The molecule has 2 aromatic rings. The van der Waals surface area contributed by atoms with Gasteiger partial charge in [-0.05, 0) is 24.5 Å². The van der Waals surface area contributed by atoms with E-state index >= 15 is 0 Å². The fraction of sp³-hybridized carbons (Fsp3) is 0.357. The molecule has 0 aliphatic rings. The molecule has 3 nitrogen and oxygen atoms in total. The Labute approximate surface area is 102 Å². The summed E-state index contributed by atoms with van der Waals surface area (Å²) in [4.78, 5) is 4.22. The summed E-state index contributed by atoms with van der Waals surface area (Å²) < 4.78 is 1.84. The molecule has 1 atom stereocenters. The second-order valence-electron chi connectivity index (χ2n) is 4.55. The van der Waals surface area contributed by atoms with Crippen molar-refractivity contribution in [2.24, 2.45) is 7.05 Å². The minimum absolute atomic E-state index is 0.671. The molecular weight excluding hydrogens is 212 g/mol. The molecule has 0 aliphatic carbocycles. The summed E-state index contributed by atoms with van der Waals surface area (Å²) >= 11 is 0. The highest BCUT2D eigenvalue weighted by molar-refractivity contribution is 5.32. The lowest BCUT2D eigenvalue weighted by atomic mass is 9.92. The Hall–Kier alpha value is -1.61. The molecule has 0 aliphatic heterocycles. The van der Waals surface area contributed by atoms with Gasteiger partial charge in [-0.3, -0.25) is 0 Å². The molecule has 0 saturated carbocycles. The van der Waals surface area contributed by atoms with Gasteiger partial charge in [0, 0.05) is 13.2 Å². The van der Waals surface area contributed by atoms with Gasteiger partial charge in [0.25, 0.3) is 0 Å². The van der Waals surface area contributed by atoms with Gasteiger partial charge in [-0.15, -0.1) is 0 Å². The molecule has 1 unspecified atom stereocenters. The SMILES string of the molecule is CCc1ccc(C(C)(O)c2cn(C)cn2)cc1. The van der Waals surface area contributed by atoms with Crippen LogP contribution in [0.25, 0.3) is 0 Å². The van der Waals surface area contributed by atoms with E-state index in [1.807, 2.05) is 42.1 Å². The first-order valence-corrected chi connectivity index (χ1v) is 5.84. The van der Waals surface area contributed by atoms with Gasteiger partial charge < -0.3 is 9.67 Å². The van der Waals surface area contributed by atoms with Crippen molar-refractivity contribution in [2.45, 2.75) is 25.9 Å². The van der Waals surface area contributed by atoms with E-state index in [0.29, 0.717) is 5.69 Å². The predicted molar refractivity (Wildman–Crippen MR) is 67.7 cm³/mol. The topological polar surface area (TPSA) is 38.0 Å². The van der Waals surface area contributed by atoms with Crippen molar-refractivity contribution >= 4 is 0 Å². The fourth-order valence-electron chi connectivity index (χ4n) is 1.88. The number of aryl methyl sites for hydroxylation is 2. The van der Waals surface area contributed by atoms with Crippen LogP contribution in [0.4, 0.5) is 0 Å². The summed E-state index contributed by atoms with van der Waals surface area (Å²) in [6.45, 7) is 3.89. The Morgan fingerprint density at radius 1 is 1.29 bits per heavy atom. The highest BCUT2D eigenvalue weighted by atomic mass is 16.3. The van der Waals surface area contributed by atoms with Gasteiger partial charge in [-0.25, -0.2) is 4.98 Å². The number of aliphatic hydroxyl groups is 1. The molecule has 2 rings (SSSR count). The van der Waals surface area contributed by atoms with Gasteiger partial charge in [-0.1, -0.05) is 31.2 Å². The average molecular weight is 230 g/mol. The van der Waals surface area contributed by atoms with E-state index in [-0.39, 0.29) is 0 Å². The second-order valence-corrected chi connectivity index (χ2v) is 4.55. The quantitative estimate of drug-likeness (QED) is 0.878. The van der Waals surface area contributed by atoms with Crippen LogP contribution in [0.5, 0.6) is 0 Å². The summed E-state index contributed by atoms with van der Waals surface area (Å²) in [5, 5.41) is 10.6. The number of imidazole rings is 1. The Morgan fingerprint density at radius 3 is 2.41 bits per heavy atom. The van der Waals surface area contributed by atoms with E-state index < -0.39 is 5.60 Å². The van der Waals surface area contributed by atoms with Gasteiger partial charge in [0.05, 0.1) is 12.0 Å². The first-order chi connectivity index (χ1) is 8.04. The third-order valence-electron chi connectivity index (χ3n) is 3.13. The van der Waals surface area contributed by atoms with Crippen LogP contribution in [0.3, 0.4) is 0 Å². The van der Waals surface area contributed by atoms with E-state index in [2.05, 4.69) is 11.9 Å². The lowest BCUT2D eigenvalue weighted by Gasteiger charge is -2.21. The maximum Gasteiger partial charge on any atom is 0.130 e. The highest BCUT2D eigenvalue weighted by Gasteiger charge is 2.27. The van der Waals surface area contributed by atoms with Crippen molar-refractivity contribution in [3.05, 3.63) is 53.6 Å². The monoisotopic (exact) mass is 230 g/mol. The Balaban J connectivity index is 2.36. The van der Waals surface area contributed by atoms with Crippen molar-refractivity contribution in [3.8, 4) is 0 Å². The molecule has 90 valence electrons. The predicted octanol–water partition coefficient (Wildman–Crippen LogP) is 2.24. The number of nitrogens with zero attached hydrogens (tertiary/aromatic N) is 2. The van der Waals surface area contributed by atoms with E-state index in [9.17, 15) is 5.11 Å². The number of aromatic nitrogens is 2. The molecule has 0 spiro atoms. The lowest BCUT2D eigenvalue weighted by molar-refractivity contribution is 0.0977. The molecule has 1 aromatic carbocycles. The highest BCUT2D eigenvalue weighted by Crippen LogP contribution is 2.27. The molecule has 1 heterocycles. The van der Waals surface area contributed by atoms with Crippen molar-refractivity contribution in [3.63, 3.8) is 0 Å². The summed E-state index contributed by atoms with van der Waals surface area (Å²) in [7, 11) is 1.90. The standard InChI is InChI=1S/C14H18N2O/c1-4-11-5-7-12(8-6-11)14(2,17)13-9-16(3)10-15-13/h5-10,17H,4H2,1-3H3. The Kier molecular flexibility index (Phi) is 3.03. The van der Waals surface area contributed by atoms with Crippen LogP contribution in [0.2, 0.25) is 0 Å². The largest absolute Gasteiger partial charge is 0.379 e. The molecule has 0 bridgehead atoms. The maximum atomic E-state index is 10.6. The summed E-state index contributed by atoms with van der Waals surface area (Å²) in [5.74, 6) is 0. The molecule has 0 saturated heterocycles. The van der Waals surface area contributed by atoms with Crippen molar-refractivity contribution < 1.29 is 5.11 Å². The van der Waals surface area contributed by atoms with Gasteiger partial charge in [0.2, 0.25) is 0 Å². The van der Waals surface area contributed by atoms with Crippen molar-refractivity contribution in [1.29, 1.82) is 0 Å². The summed E-state index contributed by atoms with van der Waals surface area (Å²) in [6.07, 6.45) is 4.55. The Bertz CT molecular complexity index is 497. The van der Waals surface area contributed by atoms with Crippen LogP contribution in [-0.4, -0.2) is 14.7 Å². The molecule has 3 heteroatoms. The molecule has 0 amide bonds. The smallest absolute Gasteiger partial charge is 0.130 e. The van der Waals surface area contributed by atoms with Crippen LogP contribution in [0.15, 0.2) is 36.8 Å². The average Bonchev–Trinajstić information content (AvgIpc) is 2.77. The molecule has 0 radical (unpaired) electrons. The minimum Gasteiger partial charge on any atom is -0.379 e. The van der Waals surface area contributed by atoms with E-state index in [4.69, 9.17) is 0 Å². The van der Waals surface area contributed by atoms with E-state index in [0.717, 1.165) is 12.0 Å². The van der Waals surface area contributed by atoms with Crippen LogP contribution in [-0.2, 0) is 19.1 Å². The van der Waals surface area contributed by atoms with Crippen LogP contribution in [0, 0.1) is 0 Å². The zero-order valence-electron chi connectivity index (χ0n) is 10.5. The number of hydrogen-bond acceptors (Lipinski definition) is 2. The normalized spacial score (nSPS) is 14.6. The number of hydrogen-bond donors (Lipinski definition) is 1. The third kappa shape index (κ3) is 2.24. The van der Waals surface area contributed by atoms with Crippen LogP contribution in [0.1, 0.15) is 30.7 Å². The summed E-state index contributed by atoms with van der Waals surface area (Å²) in [5.41, 5.74) is 1.77. The van der Waals surface area contributed by atoms with E-state index in [1.165, 1.54) is 5.56 Å². The Morgan fingerprint density at radius 2 is 1.94 bits per heavy atom. The van der Waals surface area contributed by atoms with Crippen molar-refractivity contribution in [1.82, 2.24) is 9.55 Å². The molecule has 0 fully saturated rings. The lowest BCUT2D eigenvalue weighted by Crippen LogP contribution is -2.23. The first-order valence-electron chi connectivity index (χ1n) is 5.84. The zero-order chi connectivity index (χ0) is 12.5. The third-order valence-corrected chi connectivity index (χ3v) is 3.13. The fourth-order valence-corrected chi connectivity index (χ4v) is 1.88. The van der Waals surface area contributed by atoms with Gasteiger partial charge in [-0.2, -0.15) is 0 Å². The summed E-state index contributed by atoms with van der Waals surface area (Å²) in [6, 6.07) is 8.03. The molecule has 1 aromatic heterocycles. The molecule has 17 heavy (non-hydrogen) atoms. The number of benzene rings is 1. The maximum absolute atomic E-state index is 10.6. The number of rotatable bonds is 3. The minimum atomic E-state index is -1.03. The van der Waals surface area contributed by atoms with Gasteiger partial charge >= 0.3 is 0 Å². The molecule has 1 N–H and O–H groups in total. The van der Waals surface area contributed by atoms with Gasteiger partial charge in [0.1, 0.15) is 5.60 Å².